The van der Waals surface area contributed by atoms with Crippen LogP contribution in [0, 0.1) is 10.1 Å². The Kier molecular flexibility index (Phi) is 6.67. The van der Waals surface area contributed by atoms with Crippen molar-refractivity contribution in [2.24, 2.45) is 5.10 Å². The first-order valence-corrected chi connectivity index (χ1v) is 7.89. The lowest BCUT2D eigenvalue weighted by Crippen LogP contribution is -2.24. The molecule has 8 heteroatoms. The Morgan fingerprint density at radius 1 is 1.27 bits per heavy atom. The SMILES string of the molecule is CCc1ccc(OCC(=O)N/N=C/c2ccc(OC)c([N+](=O)[O-])c2)cc1. The molecular weight excluding hydrogens is 338 g/mol. The van der Waals surface area contributed by atoms with E-state index in [1.54, 1.807) is 18.2 Å². The number of benzene rings is 2. The molecule has 26 heavy (non-hydrogen) atoms. The number of amides is 1. The van der Waals surface area contributed by atoms with E-state index in [0.717, 1.165) is 6.42 Å². The van der Waals surface area contributed by atoms with Crippen molar-refractivity contribution in [2.45, 2.75) is 13.3 Å². The summed E-state index contributed by atoms with van der Waals surface area (Å²) in [4.78, 5) is 22.1. The molecule has 136 valence electrons. The number of nitrogens with zero attached hydrogens (tertiary/aromatic N) is 2. The molecule has 0 radical (unpaired) electrons. The number of ether oxygens (including phenoxy) is 2. The Bertz CT molecular complexity index is 803. The number of nitro groups is 1. The van der Waals surface area contributed by atoms with Crippen LogP contribution >= 0.6 is 0 Å². The van der Waals surface area contributed by atoms with Gasteiger partial charge in [0.05, 0.1) is 18.2 Å². The lowest BCUT2D eigenvalue weighted by molar-refractivity contribution is -0.385. The molecule has 0 saturated heterocycles. The third-order valence-corrected chi connectivity index (χ3v) is 3.50. The highest BCUT2D eigenvalue weighted by molar-refractivity contribution is 5.84. The number of hydrogen-bond donors (Lipinski definition) is 1. The number of rotatable bonds is 8. The van der Waals surface area contributed by atoms with E-state index in [1.807, 2.05) is 12.1 Å². The highest BCUT2D eigenvalue weighted by atomic mass is 16.6. The summed E-state index contributed by atoms with van der Waals surface area (Å²) in [6.07, 6.45) is 2.24. The number of carbonyl (C=O) groups is 1. The van der Waals surface area contributed by atoms with E-state index in [9.17, 15) is 14.9 Å². The molecule has 0 heterocycles. The number of hydrogen-bond acceptors (Lipinski definition) is 6. The molecule has 2 aromatic carbocycles. The molecule has 0 atom stereocenters. The molecule has 0 aliphatic rings. The maximum absolute atomic E-state index is 11.7. The predicted molar refractivity (Wildman–Crippen MR) is 96.7 cm³/mol. The molecule has 1 amide bonds. The van der Waals surface area contributed by atoms with Crippen molar-refractivity contribution in [3.63, 3.8) is 0 Å². The van der Waals surface area contributed by atoms with Gasteiger partial charge < -0.3 is 9.47 Å². The van der Waals surface area contributed by atoms with Crippen LogP contribution in [0.25, 0.3) is 0 Å². The van der Waals surface area contributed by atoms with Crippen LogP contribution in [0.2, 0.25) is 0 Å². The van der Waals surface area contributed by atoms with Gasteiger partial charge in [0.1, 0.15) is 5.75 Å². The summed E-state index contributed by atoms with van der Waals surface area (Å²) in [6, 6.07) is 11.8. The molecule has 2 rings (SSSR count). The van der Waals surface area contributed by atoms with Gasteiger partial charge in [-0.1, -0.05) is 19.1 Å². The first kappa shape index (κ1) is 18.9. The zero-order valence-corrected chi connectivity index (χ0v) is 14.5. The van der Waals surface area contributed by atoms with Gasteiger partial charge in [0.2, 0.25) is 0 Å². The third kappa shape index (κ3) is 5.30. The van der Waals surface area contributed by atoms with Crippen LogP contribution in [0.15, 0.2) is 47.6 Å². The summed E-state index contributed by atoms with van der Waals surface area (Å²) >= 11 is 0. The van der Waals surface area contributed by atoms with Crippen LogP contribution in [-0.2, 0) is 11.2 Å². The summed E-state index contributed by atoms with van der Waals surface area (Å²) in [6.45, 7) is 1.87. The minimum atomic E-state index is -0.549. The summed E-state index contributed by atoms with van der Waals surface area (Å²) in [5.74, 6) is 0.301. The van der Waals surface area contributed by atoms with Crippen molar-refractivity contribution in [2.75, 3.05) is 13.7 Å². The van der Waals surface area contributed by atoms with Crippen molar-refractivity contribution in [1.82, 2.24) is 5.43 Å². The fraction of sp³-hybridized carbons (Fsp3) is 0.222. The van der Waals surface area contributed by atoms with Gasteiger partial charge in [-0.25, -0.2) is 5.43 Å². The quantitative estimate of drug-likeness (QED) is 0.444. The minimum absolute atomic E-state index is 0.152. The van der Waals surface area contributed by atoms with E-state index in [4.69, 9.17) is 9.47 Å². The highest BCUT2D eigenvalue weighted by Gasteiger charge is 2.14. The predicted octanol–water partition coefficient (Wildman–Crippen LogP) is 2.69. The van der Waals surface area contributed by atoms with E-state index in [0.29, 0.717) is 11.3 Å². The van der Waals surface area contributed by atoms with E-state index < -0.39 is 10.8 Å². The number of carbonyl (C=O) groups excluding carboxylic acids is 1. The molecule has 0 saturated carbocycles. The zero-order chi connectivity index (χ0) is 18.9. The van der Waals surface area contributed by atoms with Gasteiger partial charge in [0, 0.05) is 11.6 Å². The lowest BCUT2D eigenvalue weighted by atomic mass is 10.2. The summed E-state index contributed by atoms with van der Waals surface area (Å²) in [7, 11) is 1.35. The van der Waals surface area contributed by atoms with E-state index in [1.165, 1.54) is 31.0 Å². The van der Waals surface area contributed by atoms with Gasteiger partial charge in [-0.05, 0) is 36.2 Å². The van der Waals surface area contributed by atoms with Crippen LogP contribution in [0.1, 0.15) is 18.1 Å². The summed E-state index contributed by atoms with van der Waals surface area (Å²) in [5.41, 5.74) is 3.76. The Labute approximate surface area is 150 Å². The van der Waals surface area contributed by atoms with Crippen molar-refractivity contribution in [3.05, 3.63) is 63.7 Å². The first-order chi connectivity index (χ1) is 12.5. The third-order valence-electron chi connectivity index (χ3n) is 3.50. The smallest absolute Gasteiger partial charge is 0.311 e. The van der Waals surface area contributed by atoms with Crippen molar-refractivity contribution >= 4 is 17.8 Å². The normalized spacial score (nSPS) is 10.5. The van der Waals surface area contributed by atoms with Gasteiger partial charge in [-0.2, -0.15) is 5.10 Å². The molecule has 8 nitrogen and oxygen atoms in total. The molecule has 0 unspecified atom stereocenters. The molecule has 0 aliphatic heterocycles. The fourth-order valence-corrected chi connectivity index (χ4v) is 2.11. The average Bonchev–Trinajstić information content (AvgIpc) is 2.66. The lowest BCUT2D eigenvalue weighted by Gasteiger charge is -2.05. The van der Waals surface area contributed by atoms with E-state index >= 15 is 0 Å². The Morgan fingerprint density at radius 3 is 2.62 bits per heavy atom. The highest BCUT2D eigenvalue weighted by Crippen LogP contribution is 2.26. The molecule has 2 aromatic rings. The topological polar surface area (TPSA) is 103 Å². The molecule has 0 fully saturated rings. The van der Waals surface area contributed by atoms with Crippen LogP contribution in [0.3, 0.4) is 0 Å². The fourth-order valence-electron chi connectivity index (χ4n) is 2.11. The summed E-state index contributed by atoms with van der Waals surface area (Å²) < 4.78 is 10.3. The van der Waals surface area contributed by atoms with Gasteiger partial charge in [0.25, 0.3) is 5.91 Å². The molecule has 0 bridgehead atoms. The number of aryl methyl sites for hydroxylation is 1. The maximum atomic E-state index is 11.7. The van der Waals surface area contributed by atoms with Crippen molar-refractivity contribution in [3.8, 4) is 11.5 Å². The number of hydrazone groups is 1. The van der Waals surface area contributed by atoms with Gasteiger partial charge in [-0.3, -0.25) is 14.9 Å². The second-order valence-electron chi connectivity index (χ2n) is 5.27. The van der Waals surface area contributed by atoms with E-state index in [2.05, 4.69) is 17.5 Å². The van der Waals surface area contributed by atoms with E-state index in [-0.39, 0.29) is 18.0 Å². The zero-order valence-electron chi connectivity index (χ0n) is 14.5. The minimum Gasteiger partial charge on any atom is -0.490 e. The largest absolute Gasteiger partial charge is 0.490 e. The molecule has 0 aliphatic carbocycles. The van der Waals surface area contributed by atoms with Gasteiger partial charge >= 0.3 is 5.69 Å². The van der Waals surface area contributed by atoms with Crippen molar-refractivity contribution in [1.29, 1.82) is 0 Å². The number of nitro benzene ring substituents is 1. The Balaban J connectivity index is 1.88. The van der Waals surface area contributed by atoms with Crippen LogP contribution < -0.4 is 14.9 Å². The molecule has 0 aromatic heterocycles. The standard InChI is InChI=1S/C18H19N3O5/c1-3-13-4-7-15(8-5-13)26-12-18(22)20-19-11-14-6-9-17(25-2)16(10-14)21(23)24/h4-11H,3,12H2,1-2H3,(H,20,22)/b19-11+. The number of nitrogens with one attached hydrogen (secondary N) is 1. The molecule has 1 N–H and O–H groups in total. The Hall–Kier alpha value is -3.42. The maximum Gasteiger partial charge on any atom is 0.311 e. The number of methoxy groups -OCH3 is 1. The average molecular weight is 357 g/mol. The molecular formula is C18H19N3O5. The van der Waals surface area contributed by atoms with Crippen LogP contribution in [0.5, 0.6) is 11.5 Å². The van der Waals surface area contributed by atoms with Crippen LogP contribution in [0.4, 0.5) is 5.69 Å². The summed E-state index contributed by atoms with van der Waals surface area (Å²) in [5, 5.41) is 14.7. The Morgan fingerprint density at radius 2 is 2.00 bits per heavy atom. The second kappa shape index (κ2) is 9.16. The van der Waals surface area contributed by atoms with Gasteiger partial charge in [-0.15, -0.1) is 0 Å². The van der Waals surface area contributed by atoms with Crippen molar-refractivity contribution < 1.29 is 19.2 Å². The second-order valence-corrected chi connectivity index (χ2v) is 5.27. The van der Waals surface area contributed by atoms with Crippen LogP contribution in [-0.4, -0.2) is 30.8 Å². The molecule has 0 spiro atoms. The first-order valence-electron chi connectivity index (χ1n) is 7.89. The monoisotopic (exact) mass is 357 g/mol. The van der Waals surface area contributed by atoms with Gasteiger partial charge in [0.15, 0.2) is 12.4 Å².